The maximum absolute atomic E-state index is 5.13. The van der Waals surface area contributed by atoms with E-state index >= 15 is 0 Å². The van der Waals surface area contributed by atoms with Gasteiger partial charge in [0, 0.05) is 3.57 Å². The number of hydrogen-bond acceptors (Lipinski definition) is 2. The van der Waals surface area contributed by atoms with Gasteiger partial charge in [0.1, 0.15) is 12.7 Å². The molecule has 0 amide bonds. The second-order valence-electron chi connectivity index (χ2n) is 2.78. The van der Waals surface area contributed by atoms with Crippen LogP contribution in [-0.2, 0) is 9.78 Å². The summed E-state index contributed by atoms with van der Waals surface area (Å²) in [6, 6.07) is 8.19. The summed E-state index contributed by atoms with van der Waals surface area (Å²) < 4.78 is 1.21. The van der Waals surface area contributed by atoms with E-state index in [-0.39, 0.29) is 6.10 Å². The highest BCUT2D eigenvalue weighted by atomic mass is 127. The summed E-state index contributed by atoms with van der Waals surface area (Å²) in [6.07, 6.45) is 3.92. The molecule has 0 unspecified atom stereocenters. The van der Waals surface area contributed by atoms with Gasteiger partial charge < -0.3 is 0 Å². The molecule has 1 aromatic rings. The fourth-order valence-corrected chi connectivity index (χ4v) is 1.78. The molecular weight excluding hydrogens is 279 g/mol. The molecule has 1 atom stereocenters. The first-order valence-corrected chi connectivity index (χ1v) is 5.14. The van der Waals surface area contributed by atoms with Crippen molar-refractivity contribution in [2.45, 2.75) is 6.10 Å². The van der Waals surface area contributed by atoms with Gasteiger partial charge in [0.15, 0.2) is 0 Å². The molecule has 0 bridgehead atoms. The van der Waals surface area contributed by atoms with Gasteiger partial charge in [0.25, 0.3) is 0 Å². The maximum atomic E-state index is 5.13. The van der Waals surface area contributed by atoms with Crippen LogP contribution < -0.4 is 0 Å². The number of rotatable bonds is 1. The van der Waals surface area contributed by atoms with Gasteiger partial charge in [0.2, 0.25) is 0 Å². The van der Waals surface area contributed by atoms with Crippen LogP contribution >= 0.6 is 22.6 Å². The lowest BCUT2D eigenvalue weighted by Crippen LogP contribution is -2.07. The molecule has 0 aromatic heterocycles. The van der Waals surface area contributed by atoms with Gasteiger partial charge >= 0.3 is 0 Å². The molecule has 1 heterocycles. The van der Waals surface area contributed by atoms with Gasteiger partial charge in [-0.25, -0.2) is 9.78 Å². The third-order valence-corrected chi connectivity index (χ3v) is 2.50. The van der Waals surface area contributed by atoms with E-state index in [0.717, 1.165) is 5.56 Å². The Balaban J connectivity index is 2.24. The quantitative estimate of drug-likeness (QED) is 0.449. The minimum atomic E-state index is -0.0523. The lowest BCUT2D eigenvalue weighted by molar-refractivity contribution is -0.315. The van der Waals surface area contributed by atoms with E-state index in [0.29, 0.717) is 6.61 Å². The minimum absolute atomic E-state index is 0.0523. The van der Waals surface area contributed by atoms with Crippen LogP contribution in [0.4, 0.5) is 0 Å². The standard InChI is InChI=1S/C10H9IO2/c11-9-4-1-3-8(7-9)10-5-2-6-12-13-10/h1-5,7,10H,6H2/t10-/m0/s1. The van der Waals surface area contributed by atoms with Crippen LogP contribution in [0.5, 0.6) is 0 Å². The van der Waals surface area contributed by atoms with Gasteiger partial charge in [-0.2, -0.15) is 0 Å². The third-order valence-electron chi connectivity index (χ3n) is 1.82. The summed E-state index contributed by atoms with van der Waals surface area (Å²) in [6.45, 7) is 0.542. The van der Waals surface area contributed by atoms with Crippen molar-refractivity contribution in [3.8, 4) is 0 Å². The Morgan fingerprint density at radius 2 is 2.31 bits per heavy atom. The van der Waals surface area contributed by atoms with E-state index < -0.39 is 0 Å². The lowest BCUT2D eigenvalue weighted by atomic mass is 10.1. The van der Waals surface area contributed by atoms with Crippen LogP contribution in [0.2, 0.25) is 0 Å². The Morgan fingerprint density at radius 3 is 3.00 bits per heavy atom. The molecule has 0 radical (unpaired) electrons. The zero-order valence-electron chi connectivity index (χ0n) is 6.94. The molecule has 1 aliphatic heterocycles. The van der Waals surface area contributed by atoms with E-state index in [4.69, 9.17) is 9.78 Å². The van der Waals surface area contributed by atoms with Gasteiger partial charge in [-0.3, -0.25) is 0 Å². The monoisotopic (exact) mass is 288 g/mol. The summed E-state index contributed by atoms with van der Waals surface area (Å²) in [7, 11) is 0. The van der Waals surface area contributed by atoms with Crippen LogP contribution in [0.15, 0.2) is 36.4 Å². The molecule has 68 valence electrons. The van der Waals surface area contributed by atoms with Crippen LogP contribution in [0.1, 0.15) is 11.7 Å². The van der Waals surface area contributed by atoms with E-state index in [9.17, 15) is 0 Å². The van der Waals surface area contributed by atoms with Crippen molar-refractivity contribution < 1.29 is 9.78 Å². The van der Waals surface area contributed by atoms with E-state index in [2.05, 4.69) is 34.7 Å². The van der Waals surface area contributed by atoms with Crippen molar-refractivity contribution in [1.29, 1.82) is 0 Å². The molecule has 0 N–H and O–H groups in total. The zero-order chi connectivity index (χ0) is 9.10. The van der Waals surface area contributed by atoms with E-state index in [1.54, 1.807) is 0 Å². The summed E-state index contributed by atoms with van der Waals surface area (Å²) in [5.74, 6) is 0. The predicted octanol–water partition coefficient (Wildman–Crippen LogP) is 2.85. The first-order chi connectivity index (χ1) is 6.36. The lowest BCUT2D eigenvalue weighted by Gasteiger charge is -2.16. The van der Waals surface area contributed by atoms with E-state index in [1.807, 2.05) is 24.3 Å². The van der Waals surface area contributed by atoms with Crippen LogP contribution in [0.25, 0.3) is 0 Å². The first-order valence-electron chi connectivity index (χ1n) is 4.06. The molecule has 2 rings (SSSR count). The Morgan fingerprint density at radius 1 is 1.38 bits per heavy atom. The number of benzene rings is 1. The van der Waals surface area contributed by atoms with Crippen LogP contribution in [0.3, 0.4) is 0 Å². The van der Waals surface area contributed by atoms with Crippen molar-refractivity contribution in [3.63, 3.8) is 0 Å². The minimum Gasteiger partial charge on any atom is -0.232 e. The smallest absolute Gasteiger partial charge is 0.136 e. The second-order valence-corrected chi connectivity index (χ2v) is 4.03. The van der Waals surface area contributed by atoms with Crippen LogP contribution in [-0.4, -0.2) is 6.61 Å². The molecule has 13 heavy (non-hydrogen) atoms. The van der Waals surface area contributed by atoms with Crippen molar-refractivity contribution in [1.82, 2.24) is 0 Å². The van der Waals surface area contributed by atoms with Gasteiger partial charge in [-0.1, -0.05) is 18.2 Å². The van der Waals surface area contributed by atoms with E-state index in [1.165, 1.54) is 3.57 Å². The Labute approximate surface area is 90.6 Å². The fraction of sp³-hybridized carbons (Fsp3) is 0.200. The second kappa shape index (κ2) is 4.21. The summed E-state index contributed by atoms with van der Waals surface area (Å²) >= 11 is 2.28. The van der Waals surface area contributed by atoms with Crippen molar-refractivity contribution in [2.24, 2.45) is 0 Å². The van der Waals surface area contributed by atoms with Gasteiger partial charge in [-0.15, -0.1) is 0 Å². The number of halogens is 1. The molecule has 1 aliphatic rings. The molecule has 0 fully saturated rings. The number of hydrogen-bond donors (Lipinski definition) is 0. The van der Waals surface area contributed by atoms with Crippen LogP contribution in [0, 0.1) is 3.57 Å². The Bertz CT molecular complexity index is 322. The highest BCUT2D eigenvalue weighted by Crippen LogP contribution is 2.23. The topological polar surface area (TPSA) is 18.5 Å². The average Bonchev–Trinajstić information content (AvgIpc) is 2.19. The summed E-state index contributed by atoms with van der Waals surface area (Å²) in [5.41, 5.74) is 1.13. The molecule has 3 heteroatoms. The van der Waals surface area contributed by atoms with Crippen molar-refractivity contribution in [3.05, 3.63) is 45.6 Å². The highest BCUT2D eigenvalue weighted by molar-refractivity contribution is 14.1. The predicted molar refractivity (Wildman–Crippen MR) is 58.1 cm³/mol. The molecule has 2 nitrogen and oxygen atoms in total. The third kappa shape index (κ3) is 2.30. The SMILES string of the molecule is Ic1cccc([C@@H]2C=CCOO2)c1. The Hall–Kier alpha value is -0.390. The molecule has 1 aromatic carbocycles. The summed E-state index contributed by atoms with van der Waals surface area (Å²) in [5, 5.41) is 0. The molecule has 0 saturated carbocycles. The fourth-order valence-electron chi connectivity index (χ4n) is 1.21. The normalized spacial score (nSPS) is 21.8. The molecule has 0 saturated heterocycles. The van der Waals surface area contributed by atoms with Gasteiger partial charge in [0.05, 0.1) is 0 Å². The zero-order valence-corrected chi connectivity index (χ0v) is 9.10. The van der Waals surface area contributed by atoms with Gasteiger partial charge in [-0.05, 0) is 46.4 Å². The largest absolute Gasteiger partial charge is 0.232 e. The average molecular weight is 288 g/mol. The molecule has 0 aliphatic carbocycles. The van der Waals surface area contributed by atoms with Crippen molar-refractivity contribution in [2.75, 3.05) is 6.61 Å². The summed E-state index contributed by atoms with van der Waals surface area (Å²) in [4.78, 5) is 10.0. The first kappa shape index (κ1) is 9.18. The van der Waals surface area contributed by atoms with Crippen molar-refractivity contribution >= 4 is 22.6 Å². The highest BCUT2D eigenvalue weighted by Gasteiger charge is 2.12. The molecule has 0 spiro atoms. The maximum Gasteiger partial charge on any atom is 0.136 e. The molecular formula is C10H9IO2. The Kier molecular flexibility index (Phi) is 2.97.